The fraction of sp³-hybridized carbons (Fsp3) is 0.615. The van der Waals surface area contributed by atoms with E-state index >= 15 is 0 Å². The van der Waals surface area contributed by atoms with E-state index in [4.69, 9.17) is 0 Å². The summed E-state index contributed by atoms with van der Waals surface area (Å²) in [4.78, 5) is 33.8. The van der Waals surface area contributed by atoms with Crippen LogP contribution in [-0.4, -0.2) is 52.8 Å². The highest BCUT2D eigenvalue weighted by Gasteiger charge is 2.31. The lowest BCUT2D eigenvalue weighted by atomic mass is 9.87. The van der Waals surface area contributed by atoms with Gasteiger partial charge >= 0.3 is 0 Å². The summed E-state index contributed by atoms with van der Waals surface area (Å²) >= 11 is 0. The predicted molar refractivity (Wildman–Crippen MR) is 123 cm³/mol. The number of nitrogens with one attached hydrogen (secondary N) is 1. The molecule has 166 valence electrons. The molecule has 0 bridgehead atoms. The predicted octanol–water partition coefficient (Wildman–Crippen LogP) is 4.55. The van der Waals surface area contributed by atoms with E-state index in [1.165, 1.54) is 35.9 Å². The number of rotatable bonds is 2. The second-order valence-electron chi connectivity index (χ2n) is 10.00. The van der Waals surface area contributed by atoms with Crippen molar-refractivity contribution in [3.05, 3.63) is 35.0 Å². The molecule has 2 fully saturated rings. The third kappa shape index (κ3) is 4.11. The van der Waals surface area contributed by atoms with Gasteiger partial charge in [0.05, 0.1) is 0 Å². The fourth-order valence-corrected chi connectivity index (χ4v) is 5.79. The van der Waals surface area contributed by atoms with Crippen LogP contribution in [0.4, 0.5) is 0 Å². The van der Waals surface area contributed by atoms with Crippen LogP contribution in [0.5, 0.6) is 0 Å². The maximum atomic E-state index is 13.2. The number of benzene rings is 1. The maximum absolute atomic E-state index is 13.2. The number of aromatic nitrogens is 1. The SMILES string of the molecule is C[C@H]1CCc2[nH]c3ccc(C(=O)N4CCC(C(=O)N5CCCCCC5)CC4)cc3c2C1. The number of aryl methyl sites for hydroxylation is 1. The molecule has 3 heterocycles. The monoisotopic (exact) mass is 421 g/mol. The van der Waals surface area contributed by atoms with Crippen molar-refractivity contribution >= 4 is 22.7 Å². The van der Waals surface area contributed by atoms with E-state index in [1.54, 1.807) is 0 Å². The molecule has 2 amide bonds. The molecule has 2 aliphatic heterocycles. The van der Waals surface area contributed by atoms with Gasteiger partial charge in [-0.1, -0.05) is 19.8 Å². The molecule has 1 aliphatic carbocycles. The van der Waals surface area contributed by atoms with Crippen molar-refractivity contribution in [1.29, 1.82) is 0 Å². The van der Waals surface area contributed by atoms with Gasteiger partial charge in [-0.2, -0.15) is 0 Å². The second kappa shape index (κ2) is 8.68. The summed E-state index contributed by atoms with van der Waals surface area (Å²) in [5.41, 5.74) is 4.69. The number of aromatic amines is 1. The number of piperidine rings is 1. The summed E-state index contributed by atoms with van der Waals surface area (Å²) < 4.78 is 0. The van der Waals surface area contributed by atoms with E-state index in [9.17, 15) is 9.59 Å². The normalized spacial score (nSPS) is 22.9. The summed E-state index contributed by atoms with van der Waals surface area (Å²) in [7, 11) is 0. The average Bonchev–Trinajstić information content (AvgIpc) is 2.96. The van der Waals surface area contributed by atoms with Gasteiger partial charge in [0.15, 0.2) is 0 Å². The van der Waals surface area contributed by atoms with Crippen LogP contribution in [0.15, 0.2) is 18.2 Å². The van der Waals surface area contributed by atoms with E-state index in [1.807, 2.05) is 11.0 Å². The first-order valence-corrected chi connectivity index (χ1v) is 12.3. The number of hydrogen-bond donors (Lipinski definition) is 1. The van der Waals surface area contributed by atoms with Gasteiger partial charge in [0.25, 0.3) is 5.91 Å². The number of amides is 2. The Kier molecular flexibility index (Phi) is 5.77. The van der Waals surface area contributed by atoms with Gasteiger partial charge in [-0.3, -0.25) is 9.59 Å². The van der Waals surface area contributed by atoms with Crippen molar-refractivity contribution in [2.45, 2.75) is 64.7 Å². The van der Waals surface area contributed by atoms with Gasteiger partial charge in [0.2, 0.25) is 5.91 Å². The zero-order chi connectivity index (χ0) is 21.4. The first-order valence-electron chi connectivity index (χ1n) is 12.3. The van der Waals surface area contributed by atoms with Crippen LogP contribution in [0.3, 0.4) is 0 Å². The van der Waals surface area contributed by atoms with Crippen molar-refractivity contribution in [3.63, 3.8) is 0 Å². The number of nitrogens with zero attached hydrogens (tertiary/aromatic N) is 2. The summed E-state index contributed by atoms with van der Waals surface area (Å²) in [5, 5.41) is 1.22. The molecule has 5 heteroatoms. The van der Waals surface area contributed by atoms with Crippen LogP contribution in [0.2, 0.25) is 0 Å². The zero-order valence-corrected chi connectivity index (χ0v) is 18.8. The first-order chi connectivity index (χ1) is 15.1. The van der Waals surface area contributed by atoms with Crippen molar-refractivity contribution < 1.29 is 9.59 Å². The lowest BCUT2D eigenvalue weighted by molar-refractivity contribution is -0.136. The first kappa shape index (κ1) is 20.6. The highest BCUT2D eigenvalue weighted by Crippen LogP contribution is 2.32. The largest absolute Gasteiger partial charge is 0.358 e. The van der Waals surface area contributed by atoms with Crippen molar-refractivity contribution in [1.82, 2.24) is 14.8 Å². The molecule has 5 nitrogen and oxygen atoms in total. The third-order valence-corrected chi connectivity index (χ3v) is 7.73. The zero-order valence-electron chi connectivity index (χ0n) is 18.8. The quantitative estimate of drug-likeness (QED) is 0.774. The lowest BCUT2D eigenvalue weighted by Crippen LogP contribution is -2.44. The van der Waals surface area contributed by atoms with Crippen LogP contribution < -0.4 is 0 Å². The van der Waals surface area contributed by atoms with Crippen molar-refractivity contribution in [3.8, 4) is 0 Å². The molecule has 0 spiro atoms. The van der Waals surface area contributed by atoms with Gasteiger partial charge in [0.1, 0.15) is 0 Å². The molecule has 1 aromatic carbocycles. The van der Waals surface area contributed by atoms with Gasteiger partial charge < -0.3 is 14.8 Å². The number of likely N-dealkylation sites (tertiary alicyclic amines) is 2. The Morgan fingerprint density at radius 1 is 0.935 bits per heavy atom. The highest BCUT2D eigenvalue weighted by molar-refractivity contribution is 5.99. The minimum atomic E-state index is 0.0859. The molecule has 2 aromatic rings. The summed E-state index contributed by atoms with van der Waals surface area (Å²) in [6, 6.07) is 6.13. The van der Waals surface area contributed by atoms with Crippen LogP contribution in [0, 0.1) is 11.8 Å². The molecule has 5 rings (SSSR count). The third-order valence-electron chi connectivity index (χ3n) is 7.73. The Labute approximate surface area is 185 Å². The Morgan fingerprint density at radius 2 is 1.68 bits per heavy atom. The standard InChI is InChI=1S/C26H35N3O2/c1-18-6-8-23-21(16-18)22-17-20(7-9-24(22)27-23)26(31)29-14-10-19(11-15-29)25(30)28-12-4-2-3-5-13-28/h7,9,17-19,27H,2-6,8,10-16H2,1H3/t18-/m0/s1. The molecule has 1 atom stereocenters. The van der Waals surface area contributed by atoms with Crippen LogP contribution in [0.1, 0.15) is 73.5 Å². The summed E-state index contributed by atoms with van der Waals surface area (Å²) in [5.74, 6) is 1.22. The van der Waals surface area contributed by atoms with Gasteiger partial charge in [-0.25, -0.2) is 0 Å². The Bertz CT molecular complexity index is 962. The van der Waals surface area contributed by atoms with Gasteiger partial charge in [-0.05, 0) is 74.6 Å². The smallest absolute Gasteiger partial charge is 0.253 e. The van der Waals surface area contributed by atoms with Crippen molar-refractivity contribution in [2.75, 3.05) is 26.2 Å². The van der Waals surface area contributed by atoms with Crippen molar-refractivity contribution in [2.24, 2.45) is 11.8 Å². The van der Waals surface area contributed by atoms with E-state index in [2.05, 4.69) is 28.9 Å². The van der Waals surface area contributed by atoms with Gasteiger partial charge in [0, 0.05) is 54.3 Å². The number of H-pyrrole nitrogens is 1. The van der Waals surface area contributed by atoms with Crippen LogP contribution >= 0.6 is 0 Å². The highest BCUT2D eigenvalue weighted by atomic mass is 16.2. The van der Waals surface area contributed by atoms with E-state index in [0.717, 1.165) is 62.7 Å². The Balaban J connectivity index is 1.25. The Hall–Kier alpha value is -2.30. The Morgan fingerprint density at radius 3 is 2.42 bits per heavy atom. The number of fused-ring (bicyclic) bond motifs is 3. The molecule has 0 saturated carbocycles. The molecule has 0 unspecified atom stereocenters. The van der Waals surface area contributed by atoms with E-state index < -0.39 is 0 Å². The molecule has 1 N–H and O–H groups in total. The maximum Gasteiger partial charge on any atom is 0.253 e. The molecular weight excluding hydrogens is 386 g/mol. The summed E-state index contributed by atoms with van der Waals surface area (Å²) in [6.07, 6.45) is 9.76. The number of hydrogen-bond acceptors (Lipinski definition) is 2. The molecule has 3 aliphatic rings. The minimum Gasteiger partial charge on any atom is -0.358 e. The van der Waals surface area contributed by atoms with Crippen LogP contribution in [0.25, 0.3) is 10.9 Å². The lowest BCUT2D eigenvalue weighted by Gasteiger charge is -2.34. The van der Waals surface area contributed by atoms with E-state index in [-0.39, 0.29) is 11.8 Å². The topological polar surface area (TPSA) is 56.4 Å². The van der Waals surface area contributed by atoms with Crippen LogP contribution in [-0.2, 0) is 17.6 Å². The molecule has 1 aromatic heterocycles. The summed E-state index contributed by atoms with van der Waals surface area (Å²) in [6.45, 7) is 5.51. The minimum absolute atomic E-state index is 0.0859. The average molecular weight is 422 g/mol. The fourth-order valence-electron chi connectivity index (χ4n) is 5.79. The number of carbonyl (C=O) groups is 2. The van der Waals surface area contributed by atoms with E-state index in [0.29, 0.717) is 24.9 Å². The second-order valence-corrected chi connectivity index (χ2v) is 10.00. The number of carbonyl (C=O) groups excluding carboxylic acids is 2. The molecule has 0 radical (unpaired) electrons. The molecular formula is C26H35N3O2. The molecule has 2 saturated heterocycles. The molecule has 31 heavy (non-hydrogen) atoms. The van der Waals surface area contributed by atoms with Gasteiger partial charge in [-0.15, -0.1) is 0 Å².